The number of hydrogen-bond donors (Lipinski definition) is 0. The Bertz CT molecular complexity index is 4470. The lowest BCUT2D eigenvalue weighted by molar-refractivity contribution is 0.334. The van der Waals surface area contributed by atoms with E-state index < -0.39 is 11.6 Å². The molecule has 3 aromatic heterocycles. The van der Waals surface area contributed by atoms with E-state index in [9.17, 15) is 8.78 Å². The maximum atomic E-state index is 13.9. The summed E-state index contributed by atoms with van der Waals surface area (Å²) in [6.07, 6.45) is 16.8. The quantitative estimate of drug-likeness (QED) is 0.145. The second-order valence-corrected chi connectivity index (χ2v) is 25.4. The Morgan fingerprint density at radius 3 is 1.60 bits per heavy atom. The second kappa shape index (κ2) is 20.4. The van der Waals surface area contributed by atoms with E-state index in [2.05, 4.69) is 198 Å². The molecule has 0 saturated heterocycles. The van der Waals surface area contributed by atoms with Crippen molar-refractivity contribution in [1.82, 2.24) is 14.7 Å². The van der Waals surface area contributed by atoms with Gasteiger partial charge in [0.15, 0.2) is 0 Å². The minimum absolute atomic E-state index is 0.0451. The zero-order chi connectivity index (χ0) is 61.0. The van der Waals surface area contributed by atoms with E-state index in [4.69, 9.17) is 13.3 Å². The van der Waals surface area contributed by atoms with Crippen LogP contribution < -0.4 is 34.3 Å². The maximum absolute atomic E-state index is 13.9. The van der Waals surface area contributed by atoms with Gasteiger partial charge in [-0.2, -0.15) is 0 Å². The molecule has 0 spiro atoms. The molecule has 10 aromatic rings. The number of benzene rings is 7. The molecule has 450 valence electrons. The Morgan fingerprint density at radius 1 is 0.416 bits per heavy atom. The van der Waals surface area contributed by atoms with Gasteiger partial charge < -0.3 is 57.4 Å². The highest BCUT2D eigenvalue weighted by molar-refractivity contribution is 5.96. The Morgan fingerprint density at radius 2 is 0.933 bits per heavy atom. The molecule has 15 heteroatoms. The fraction of sp³-hybridized carbons (Fsp3) is 0.270. The summed E-state index contributed by atoms with van der Waals surface area (Å²) >= 11 is 0. The van der Waals surface area contributed by atoms with Gasteiger partial charge in [-0.3, -0.25) is 4.90 Å². The van der Waals surface area contributed by atoms with E-state index >= 15 is 0 Å². The van der Waals surface area contributed by atoms with Gasteiger partial charge >= 0.3 is 0 Å². The van der Waals surface area contributed by atoms with Crippen molar-refractivity contribution in [1.29, 1.82) is 0 Å². The molecule has 7 aromatic carbocycles. The summed E-state index contributed by atoms with van der Waals surface area (Å²) < 4.78 is 44.5. The van der Waals surface area contributed by atoms with E-state index in [-0.39, 0.29) is 6.17 Å². The number of allylic oxidation sites excluding steroid dienone is 3. The first-order valence-electron chi connectivity index (χ1n) is 31.0. The molecule has 0 fully saturated rings. The molecule has 0 N–H and O–H groups in total. The van der Waals surface area contributed by atoms with Gasteiger partial charge in [0.05, 0.1) is 46.7 Å². The van der Waals surface area contributed by atoms with Crippen molar-refractivity contribution in [3.63, 3.8) is 0 Å². The normalized spacial score (nSPS) is 20.9. The predicted octanol–water partition coefficient (Wildman–Crippen LogP) is 16.0. The lowest BCUT2D eigenvalue weighted by atomic mass is 10.0. The van der Waals surface area contributed by atoms with Gasteiger partial charge in [-0.15, -0.1) is 0 Å². The van der Waals surface area contributed by atoms with Crippen molar-refractivity contribution in [3.05, 3.63) is 232 Å². The molecule has 0 saturated carbocycles. The third-order valence-electron chi connectivity index (χ3n) is 20.4. The predicted molar refractivity (Wildman–Crippen MR) is 354 cm³/mol. The summed E-state index contributed by atoms with van der Waals surface area (Å²) in [5.41, 5.74) is 23.0. The fourth-order valence-electron chi connectivity index (χ4n) is 15.5. The summed E-state index contributed by atoms with van der Waals surface area (Å²) in [5.74, 6) is 1.17. The SMILES string of the molecule is CC1=CN2c3c(oc4ccccc34)CC2N1C.CC1=CN2c3cc4cocc4cc3CC2N1C.CC1=CN2c3oc4ccccc4c3CC2N1C.CN1c2ccccc2N2c3cc(F)cc(F)c3CC12.Cc1cc(C)c2c(c1)N1c3ccccc3N(C)C1C2. The average molecular weight is 1190 g/mol. The van der Waals surface area contributed by atoms with Crippen LogP contribution in [-0.4, -0.2) is 80.8 Å². The number of halogens is 2. The number of hydrogen-bond acceptors (Lipinski definition) is 13. The molecule has 89 heavy (non-hydrogen) atoms. The van der Waals surface area contributed by atoms with Crippen LogP contribution in [0.5, 0.6) is 0 Å². The van der Waals surface area contributed by atoms with Crippen molar-refractivity contribution >= 4 is 84.1 Å². The lowest BCUT2D eigenvalue weighted by Crippen LogP contribution is -2.36. The van der Waals surface area contributed by atoms with Gasteiger partial charge in [0.25, 0.3) is 0 Å². The molecule has 5 atom stereocenters. The van der Waals surface area contributed by atoms with Gasteiger partial charge in [-0.05, 0) is 124 Å². The third-order valence-corrected chi connectivity index (χ3v) is 20.4. The number of aryl methyl sites for hydroxylation is 2. The highest BCUT2D eigenvalue weighted by atomic mass is 19.1. The van der Waals surface area contributed by atoms with Crippen LogP contribution in [0.4, 0.5) is 60.2 Å². The van der Waals surface area contributed by atoms with Crippen molar-refractivity contribution in [2.45, 2.75) is 97.6 Å². The van der Waals surface area contributed by atoms with Crippen LogP contribution in [0, 0.1) is 25.5 Å². The lowest BCUT2D eigenvalue weighted by Gasteiger charge is -2.24. The molecule has 0 bridgehead atoms. The standard InChI is InChI=1S/C17H18N2.C15H12F2N2.3C14H14N2O/c1-11-8-12(2)13-10-17-18(3)14-6-4-5-7-15(14)19(17)16(13)9-11;1-18-12-4-2-3-5-13(12)19-14-7-9(16)6-11(17)10(14)8-15(18)19;1-9-6-16-13-4-12-8-17-7-11(12)3-10(13)5-14(16)15(9)2;1-9-8-16-13(15(9)2)7-11-10-5-3-4-6-12(10)17-14(11)16;1-9-8-16-13(15(9)2)7-12-14(16)10-5-3-4-6-11(10)17-12/h4-9,17H,10H2,1-3H3;2-7,15H,8H2,1H3;3-4,6-8,14H,5H2,1-2H3;2*3-6,8,13H,7H2,1-2H3. The van der Waals surface area contributed by atoms with Crippen LogP contribution in [0.1, 0.15) is 59.9 Å². The van der Waals surface area contributed by atoms with Crippen molar-refractivity contribution < 1.29 is 22.0 Å². The Hall–Kier alpha value is -9.76. The first kappa shape index (κ1) is 54.6. The molecule has 13 heterocycles. The minimum atomic E-state index is -0.524. The highest BCUT2D eigenvalue weighted by Gasteiger charge is 2.45. The molecular formula is C74H72F2N10O3. The monoisotopic (exact) mass is 1190 g/mol. The molecule has 10 aliphatic heterocycles. The molecule has 0 amide bonds. The molecule has 10 aliphatic rings. The van der Waals surface area contributed by atoms with Crippen molar-refractivity contribution in [2.24, 2.45) is 0 Å². The van der Waals surface area contributed by atoms with Crippen molar-refractivity contribution in [3.8, 4) is 0 Å². The number of para-hydroxylation sites is 6. The zero-order valence-electron chi connectivity index (χ0n) is 52.0. The van der Waals surface area contributed by atoms with Crippen LogP contribution in [0.15, 0.2) is 195 Å². The van der Waals surface area contributed by atoms with Crippen LogP contribution in [0.2, 0.25) is 0 Å². The smallest absolute Gasteiger partial charge is 0.205 e. The van der Waals surface area contributed by atoms with Crippen LogP contribution >= 0.6 is 0 Å². The molecule has 0 radical (unpaired) electrons. The zero-order valence-corrected chi connectivity index (χ0v) is 52.0. The molecule has 13 nitrogen and oxygen atoms in total. The third kappa shape index (κ3) is 8.43. The number of nitrogens with zero attached hydrogens (tertiary/aromatic N) is 10. The Labute approximate surface area is 518 Å². The summed E-state index contributed by atoms with van der Waals surface area (Å²) in [4.78, 5) is 23.0. The van der Waals surface area contributed by atoms with Gasteiger partial charge in [0, 0.05) is 153 Å². The maximum Gasteiger partial charge on any atom is 0.205 e. The molecule has 5 unspecified atom stereocenters. The van der Waals surface area contributed by atoms with E-state index in [1.165, 1.54) is 101 Å². The van der Waals surface area contributed by atoms with Gasteiger partial charge in [-0.1, -0.05) is 60.7 Å². The highest BCUT2D eigenvalue weighted by Crippen LogP contribution is 2.53. The summed E-state index contributed by atoms with van der Waals surface area (Å²) in [5, 5.41) is 4.87. The van der Waals surface area contributed by atoms with Crippen LogP contribution in [-0.2, 0) is 32.1 Å². The number of fused-ring (bicyclic) bond motifs is 24. The average Bonchev–Trinajstić information content (AvgIpc) is 1.69. The Kier molecular flexibility index (Phi) is 12.5. The minimum Gasteiger partial charge on any atom is -0.471 e. The first-order valence-corrected chi connectivity index (χ1v) is 31.0. The largest absolute Gasteiger partial charge is 0.471 e. The van der Waals surface area contributed by atoms with Gasteiger partial charge in [0.2, 0.25) is 5.88 Å². The Balaban J connectivity index is 0.0000000894. The van der Waals surface area contributed by atoms with E-state index in [0.717, 1.165) is 65.9 Å². The summed E-state index contributed by atoms with van der Waals surface area (Å²) in [6.45, 7) is 10.9. The fourth-order valence-corrected chi connectivity index (χ4v) is 15.5. The molecule has 20 rings (SSSR count). The van der Waals surface area contributed by atoms with E-state index in [1.54, 1.807) is 0 Å². The summed E-state index contributed by atoms with van der Waals surface area (Å²) in [7, 11) is 10.6. The summed E-state index contributed by atoms with van der Waals surface area (Å²) in [6, 6.07) is 44.7. The molecule has 0 aliphatic carbocycles. The number of likely N-dealkylation sites (N-methyl/N-ethyl adjacent to an activating group) is 5. The topological polar surface area (TPSA) is 71.8 Å². The van der Waals surface area contributed by atoms with E-state index in [1.807, 2.05) is 73.0 Å². The number of rotatable bonds is 0. The second-order valence-electron chi connectivity index (χ2n) is 25.4. The first-order chi connectivity index (χ1) is 43.1. The van der Waals surface area contributed by atoms with Crippen LogP contribution in [0.3, 0.4) is 0 Å². The van der Waals surface area contributed by atoms with Gasteiger partial charge in [-0.25, -0.2) is 8.78 Å². The van der Waals surface area contributed by atoms with E-state index in [0.29, 0.717) is 42.3 Å². The van der Waals surface area contributed by atoms with Gasteiger partial charge in [0.1, 0.15) is 59.4 Å². The number of furan rings is 3. The van der Waals surface area contributed by atoms with Crippen LogP contribution in [0.25, 0.3) is 32.7 Å². The van der Waals surface area contributed by atoms with Crippen molar-refractivity contribution in [2.75, 3.05) is 69.5 Å². The number of anilines is 9. The molecular weight excluding hydrogens is 1110 g/mol.